The van der Waals surface area contributed by atoms with Gasteiger partial charge in [-0.1, -0.05) is 25.7 Å². The van der Waals surface area contributed by atoms with Gasteiger partial charge in [-0.15, -0.1) is 0 Å². The number of carbonyl (C=O) groups is 1. The number of hydrogen-bond donors (Lipinski definition) is 1. The van der Waals surface area contributed by atoms with Gasteiger partial charge in [-0.3, -0.25) is 4.79 Å². The van der Waals surface area contributed by atoms with Crippen LogP contribution < -0.4 is 0 Å². The van der Waals surface area contributed by atoms with E-state index in [1.807, 2.05) is 6.92 Å². The zero-order chi connectivity index (χ0) is 12.3. The minimum Gasteiger partial charge on any atom is -0.382 e. The van der Waals surface area contributed by atoms with Gasteiger partial charge < -0.3 is 9.67 Å². The van der Waals surface area contributed by atoms with Crippen molar-refractivity contribution in [2.75, 3.05) is 0 Å². The average Bonchev–Trinajstić information content (AvgIpc) is 2.70. The topological polar surface area (TPSA) is 55.1 Å². The molecule has 0 saturated heterocycles. The van der Waals surface area contributed by atoms with Crippen LogP contribution in [0.25, 0.3) is 0 Å². The molecule has 1 saturated carbocycles. The summed E-state index contributed by atoms with van der Waals surface area (Å²) < 4.78 is 1.80. The minimum atomic E-state index is -1.19. The second kappa shape index (κ2) is 5.00. The Hall–Kier alpha value is -1.16. The Kier molecular flexibility index (Phi) is 3.62. The Bertz CT molecular complexity index is 390. The van der Waals surface area contributed by atoms with E-state index in [2.05, 4.69) is 4.98 Å². The first-order valence-electron chi connectivity index (χ1n) is 6.46. The molecule has 0 atom stereocenters. The van der Waals surface area contributed by atoms with E-state index < -0.39 is 5.60 Å². The van der Waals surface area contributed by atoms with Crippen LogP contribution >= 0.6 is 0 Å². The molecule has 17 heavy (non-hydrogen) atoms. The molecule has 1 aromatic heterocycles. The summed E-state index contributed by atoms with van der Waals surface area (Å²) in [5.41, 5.74) is -1.19. The van der Waals surface area contributed by atoms with Gasteiger partial charge in [0.25, 0.3) is 0 Å². The highest BCUT2D eigenvalue weighted by Gasteiger charge is 2.38. The van der Waals surface area contributed by atoms with Crippen LogP contribution in [-0.4, -0.2) is 26.0 Å². The molecule has 1 N–H and O–H groups in total. The van der Waals surface area contributed by atoms with E-state index in [4.69, 9.17) is 0 Å². The minimum absolute atomic E-state index is 0.203. The van der Waals surface area contributed by atoms with Crippen molar-refractivity contribution in [2.45, 2.75) is 57.6 Å². The van der Waals surface area contributed by atoms with Gasteiger partial charge in [-0.2, -0.15) is 0 Å². The zero-order valence-corrected chi connectivity index (χ0v) is 10.4. The molecule has 0 amide bonds. The van der Waals surface area contributed by atoms with E-state index in [0.29, 0.717) is 25.2 Å². The number of carbonyl (C=O) groups excluding carboxylic acids is 1. The molecule has 0 bridgehead atoms. The number of nitrogens with zero attached hydrogens (tertiary/aromatic N) is 2. The molecule has 1 aliphatic rings. The SMILES string of the molecule is CCn1ccnc1C(=O)C1(O)CCCCCC1. The first-order chi connectivity index (χ1) is 8.17. The van der Waals surface area contributed by atoms with Crippen molar-refractivity contribution in [2.24, 2.45) is 0 Å². The highest BCUT2D eigenvalue weighted by Crippen LogP contribution is 2.29. The number of Topliss-reactive ketones (excluding diaryl/α,β-unsaturated/α-hetero) is 1. The maximum absolute atomic E-state index is 12.4. The van der Waals surface area contributed by atoms with Gasteiger partial charge in [0.05, 0.1) is 0 Å². The van der Waals surface area contributed by atoms with E-state index in [0.717, 1.165) is 25.7 Å². The number of ketones is 1. The standard InChI is InChI=1S/C13H20N2O2/c1-2-15-10-9-14-12(15)11(16)13(17)7-5-3-4-6-8-13/h9-10,17H,2-8H2,1H3. The third kappa shape index (κ3) is 2.41. The Balaban J connectivity index is 2.23. The van der Waals surface area contributed by atoms with Gasteiger partial charge in [-0.25, -0.2) is 4.98 Å². The van der Waals surface area contributed by atoms with Gasteiger partial charge in [0.2, 0.25) is 5.78 Å². The third-order valence-electron chi connectivity index (χ3n) is 3.61. The summed E-state index contributed by atoms with van der Waals surface area (Å²) in [5, 5.41) is 10.5. The highest BCUT2D eigenvalue weighted by atomic mass is 16.3. The molecule has 0 unspecified atom stereocenters. The van der Waals surface area contributed by atoms with Crippen LogP contribution in [0.3, 0.4) is 0 Å². The smallest absolute Gasteiger partial charge is 0.229 e. The molecule has 1 fully saturated rings. The van der Waals surface area contributed by atoms with Crippen molar-refractivity contribution in [3.05, 3.63) is 18.2 Å². The van der Waals surface area contributed by atoms with Crippen LogP contribution in [0.2, 0.25) is 0 Å². The van der Waals surface area contributed by atoms with Crippen molar-refractivity contribution in [3.63, 3.8) is 0 Å². The predicted octanol–water partition coefficient (Wildman–Crippen LogP) is 2.17. The second-order valence-electron chi connectivity index (χ2n) is 4.81. The van der Waals surface area contributed by atoms with Crippen molar-refractivity contribution in [3.8, 4) is 0 Å². The van der Waals surface area contributed by atoms with Crippen molar-refractivity contribution < 1.29 is 9.90 Å². The van der Waals surface area contributed by atoms with E-state index in [9.17, 15) is 9.90 Å². The van der Waals surface area contributed by atoms with Crippen LogP contribution in [-0.2, 0) is 6.54 Å². The van der Waals surface area contributed by atoms with Gasteiger partial charge >= 0.3 is 0 Å². The second-order valence-corrected chi connectivity index (χ2v) is 4.81. The van der Waals surface area contributed by atoms with Gasteiger partial charge in [0.1, 0.15) is 5.60 Å². The molecule has 2 rings (SSSR count). The summed E-state index contributed by atoms with van der Waals surface area (Å²) in [5.74, 6) is 0.197. The number of rotatable bonds is 3. The molecule has 0 aromatic carbocycles. The molecule has 1 aromatic rings. The normalized spacial score (nSPS) is 19.9. The maximum Gasteiger partial charge on any atom is 0.229 e. The Labute approximate surface area is 102 Å². The fourth-order valence-corrected chi connectivity index (χ4v) is 2.52. The Morgan fingerprint density at radius 2 is 2.06 bits per heavy atom. The third-order valence-corrected chi connectivity index (χ3v) is 3.61. The number of hydrogen-bond acceptors (Lipinski definition) is 3. The first-order valence-corrected chi connectivity index (χ1v) is 6.46. The summed E-state index contributed by atoms with van der Waals surface area (Å²) in [7, 11) is 0. The summed E-state index contributed by atoms with van der Waals surface area (Å²) >= 11 is 0. The molecule has 4 nitrogen and oxygen atoms in total. The van der Waals surface area contributed by atoms with Crippen LogP contribution in [0, 0.1) is 0 Å². The zero-order valence-electron chi connectivity index (χ0n) is 10.4. The van der Waals surface area contributed by atoms with Crippen LogP contribution in [0.5, 0.6) is 0 Å². The maximum atomic E-state index is 12.4. The highest BCUT2D eigenvalue weighted by molar-refractivity contribution is 5.99. The molecule has 0 aliphatic heterocycles. The van der Waals surface area contributed by atoms with Crippen LogP contribution in [0.1, 0.15) is 56.1 Å². The molecule has 4 heteroatoms. The molecule has 1 heterocycles. The largest absolute Gasteiger partial charge is 0.382 e. The van der Waals surface area contributed by atoms with E-state index in [1.165, 1.54) is 0 Å². The lowest BCUT2D eigenvalue weighted by molar-refractivity contribution is 0.0224. The number of aliphatic hydroxyl groups is 1. The predicted molar refractivity (Wildman–Crippen MR) is 64.9 cm³/mol. The van der Waals surface area contributed by atoms with Gasteiger partial charge in [0.15, 0.2) is 5.82 Å². The van der Waals surface area contributed by atoms with Crippen molar-refractivity contribution in [1.29, 1.82) is 0 Å². The number of imidazole rings is 1. The molecule has 1 aliphatic carbocycles. The van der Waals surface area contributed by atoms with E-state index >= 15 is 0 Å². The number of aromatic nitrogens is 2. The van der Waals surface area contributed by atoms with E-state index in [-0.39, 0.29) is 5.78 Å². The summed E-state index contributed by atoms with van der Waals surface area (Å²) in [6.45, 7) is 2.67. The van der Waals surface area contributed by atoms with Gasteiger partial charge in [0, 0.05) is 18.9 Å². The Morgan fingerprint density at radius 3 is 2.65 bits per heavy atom. The van der Waals surface area contributed by atoms with Crippen LogP contribution in [0.4, 0.5) is 0 Å². The van der Waals surface area contributed by atoms with E-state index in [1.54, 1.807) is 17.0 Å². The number of aryl methyl sites for hydroxylation is 1. The Morgan fingerprint density at radius 1 is 1.41 bits per heavy atom. The molecular weight excluding hydrogens is 216 g/mol. The average molecular weight is 236 g/mol. The molecular formula is C13H20N2O2. The molecule has 0 spiro atoms. The lowest BCUT2D eigenvalue weighted by Gasteiger charge is -2.24. The summed E-state index contributed by atoms with van der Waals surface area (Å²) in [6, 6.07) is 0. The van der Waals surface area contributed by atoms with Crippen molar-refractivity contribution in [1.82, 2.24) is 9.55 Å². The fraction of sp³-hybridized carbons (Fsp3) is 0.692. The lowest BCUT2D eigenvalue weighted by atomic mass is 9.89. The quantitative estimate of drug-likeness (QED) is 0.646. The molecule has 94 valence electrons. The van der Waals surface area contributed by atoms with Gasteiger partial charge in [-0.05, 0) is 19.8 Å². The summed E-state index contributed by atoms with van der Waals surface area (Å²) in [4.78, 5) is 16.5. The fourth-order valence-electron chi connectivity index (χ4n) is 2.52. The summed E-state index contributed by atoms with van der Waals surface area (Å²) in [6.07, 6.45) is 8.62. The first kappa shape index (κ1) is 12.3. The van der Waals surface area contributed by atoms with Crippen molar-refractivity contribution >= 4 is 5.78 Å². The lowest BCUT2D eigenvalue weighted by Crippen LogP contribution is -2.39. The monoisotopic (exact) mass is 236 g/mol. The van der Waals surface area contributed by atoms with Crippen LogP contribution in [0.15, 0.2) is 12.4 Å². The molecule has 0 radical (unpaired) electrons.